The van der Waals surface area contributed by atoms with E-state index in [1.807, 2.05) is 42.3 Å². The molecule has 0 saturated carbocycles. The number of quaternary nitrogens is 2. The molecule has 14 nitrogen and oxygen atoms in total. The fourth-order valence-corrected chi connectivity index (χ4v) is 8.28. The van der Waals surface area contributed by atoms with Crippen LogP contribution in [0.15, 0.2) is 0 Å². The van der Waals surface area contributed by atoms with Crippen molar-refractivity contribution < 1.29 is 64.9 Å². The van der Waals surface area contributed by atoms with E-state index in [1.165, 1.54) is 116 Å². The van der Waals surface area contributed by atoms with Gasteiger partial charge in [0.2, 0.25) is 0 Å². The molecule has 0 fully saturated rings. The summed E-state index contributed by atoms with van der Waals surface area (Å²) in [5.41, 5.74) is 0. The first-order valence-corrected chi connectivity index (χ1v) is 28.7. The van der Waals surface area contributed by atoms with Crippen LogP contribution in [0.25, 0.3) is 0 Å². The Balaban J connectivity index is 4.08. The molecule has 0 aliphatic carbocycles. The highest BCUT2D eigenvalue weighted by Gasteiger charge is 2.26. The highest BCUT2D eigenvalue weighted by molar-refractivity contribution is 7.47. The van der Waals surface area contributed by atoms with Crippen LogP contribution in [-0.4, -0.2) is 152 Å². The predicted molar refractivity (Wildman–Crippen MR) is 262 cm³/mol. The number of phosphoric ester groups is 2. The minimum Gasteiger partial charge on any atom is -0.379 e. The minimum atomic E-state index is -4.16. The van der Waals surface area contributed by atoms with E-state index in [9.17, 15) is 18.9 Å². The number of phosphoric acid groups is 2. The van der Waals surface area contributed by atoms with Crippen LogP contribution in [0.4, 0.5) is 0 Å². The Labute approximate surface area is 393 Å². The molecule has 0 heterocycles. The highest BCUT2D eigenvalue weighted by Crippen LogP contribution is 2.44. The van der Waals surface area contributed by atoms with Crippen molar-refractivity contribution in [2.24, 2.45) is 0 Å². The topological polar surface area (TPSA) is 148 Å². The number of hydrogen-bond donors (Lipinski definition) is 2. The van der Waals surface area contributed by atoms with Gasteiger partial charge in [-0.05, 0) is 25.7 Å². The predicted octanol–water partition coefficient (Wildman–Crippen LogP) is 11.7. The standard InChI is InChI=1S/C48H102N2O12P2/c1-9-11-13-15-29-33-39-57-47(45-61-63(51,52)59-41-35-49(3,4)5)43-55-37-31-27-25-23-21-19-17-18-20-22-24-26-28-32-38-56-44-48(58-40-34-30-16-14-12-10-2)46-62-64(53,54)60-42-36-50(6,7)8/h47-48H,9-46H2,1-8H3/p+2/t47-,48-/m1/s1. The summed E-state index contributed by atoms with van der Waals surface area (Å²) in [7, 11) is 3.70. The molecule has 0 saturated heterocycles. The van der Waals surface area contributed by atoms with Crippen LogP contribution < -0.4 is 0 Å². The van der Waals surface area contributed by atoms with Crippen molar-refractivity contribution in [3.63, 3.8) is 0 Å². The Hall–Kier alpha value is -0.0200. The molecule has 0 aromatic carbocycles. The van der Waals surface area contributed by atoms with E-state index in [-0.39, 0.29) is 26.4 Å². The van der Waals surface area contributed by atoms with Crippen LogP contribution in [-0.2, 0) is 46.2 Å². The van der Waals surface area contributed by atoms with Gasteiger partial charge in [0, 0.05) is 26.4 Å². The molecule has 0 rings (SSSR count). The lowest BCUT2D eigenvalue weighted by molar-refractivity contribution is -0.870. The van der Waals surface area contributed by atoms with Gasteiger partial charge in [-0.25, -0.2) is 9.13 Å². The molecule has 0 amide bonds. The van der Waals surface area contributed by atoms with Crippen LogP contribution >= 0.6 is 15.6 Å². The Morgan fingerprint density at radius 2 is 0.625 bits per heavy atom. The third kappa shape index (κ3) is 48.4. The zero-order chi connectivity index (χ0) is 47.7. The first-order chi connectivity index (χ1) is 30.5. The Bertz CT molecular complexity index is 1030. The maximum atomic E-state index is 12.4. The second-order valence-electron chi connectivity index (χ2n) is 19.8. The fraction of sp³-hybridized carbons (Fsp3) is 1.00. The summed E-state index contributed by atoms with van der Waals surface area (Å²) < 4.78 is 71.0. The van der Waals surface area contributed by atoms with Gasteiger partial charge >= 0.3 is 15.6 Å². The molecule has 0 spiro atoms. The average molecular weight is 963 g/mol. The molecule has 0 aliphatic rings. The molecule has 2 N–H and O–H groups in total. The van der Waals surface area contributed by atoms with Gasteiger partial charge < -0.3 is 37.7 Å². The highest BCUT2D eigenvalue weighted by atomic mass is 31.2. The lowest BCUT2D eigenvalue weighted by Gasteiger charge is -2.24. The molecule has 0 radical (unpaired) electrons. The molecule has 16 heteroatoms. The summed E-state index contributed by atoms with van der Waals surface area (Å²) in [6, 6.07) is 0. The van der Waals surface area contributed by atoms with Crippen molar-refractivity contribution >= 4 is 15.6 Å². The van der Waals surface area contributed by atoms with Crippen LogP contribution in [0.1, 0.15) is 181 Å². The van der Waals surface area contributed by atoms with E-state index < -0.39 is 27.9 Å². The summed E-state index contributed by atoms with van der Waals surface area (Å²) in [5.74, 6) is 0. The minimum absolute atomic E-state index is 0.0343. The van der Waals surface area contributed by atoms with Gasteiger partial charge in [-0.15, -0.1) is 0 Å². The van der Waals surface area contributed by atoms with Crippen molar-refractivity contribution in [1.29, 1.82) is 0 Å². The van der Waals surface area contributed by atoms with Crippen molar-refractivity contribution in [2.75, 3.05) is 121 Å². The Kier molecular flexibility index (Phi) is 41.9. The zero-order valence-electron chi connectivity index (χ0n) is 42.8. The first-order valence-electron chi connectivity index (χ1n) is 25.7. The van der Waals surface area contributed by atoms with Crippen LogP contribution in [0.3, 0.4) is 0 Å². The SMILES string of the molecule is CCCCCCCCO[C@H](COCCCCCCCCCCCCCCCCOC[C@H](COP(=O)(O)OCC[N+](C)(C)C)OCCCCCCCC)COP(=O)(O)OCC[N+](C)(C)C. The second kappa shape index (κ2) is 41.9. The lowest BCUT2D eigenvalue weighted by Crippen LogP contribution is -2.37. The summed E-state index contributed by atoms with van der Waals surface area (Å²) >= 11 is 0. The third-order valence-corrected chi connectivity index (χ3v) is 13.0. The first kappa shape index (κ1) is 64.0. The second-order valence-corrected chi connectivity index (χ2v) is 22.8. The summed E-state index contributed by atoms with van der Waals surface area (Å²) in [6.07, 6.45) is 30.2. The van der Waals surface area contributed by atoms with E-state index in [4.69, 9.17) is 37.0 Å². The van der Waals surface area contributed by atoms with E-state index >= 15 is 0 Å². The normalized spacial score (nSPS) is 15.3. The number of hydrogen-bond acceptors (Lipinski definition) is 10. The average Bonchev–Trinajstić information content (AvgIpc) is 3.21. The molecule has 0 aromatic heterocycles. The molecule has 0 aromatic rings. The fourth-order valence-electron chi connectivity index (χ4n) is 6.80. The largest absolute Gasteiger partial charge is 0.472 e. The van der Waals surface area contributed by atoms with Gasteiger partial charge in [0.25, 0.3) is 0 Å². The Morgan fingerprint density at radius 1 is 0.359 bits per heavy atom. The summed E-state index contributed by atoms with van der Waals surface area (Å²) in [6.45, 7) is 8.99. The molecule has 386 valence electrons. The van der Waals surface area contributed by atoms with Crippen LogP contribution in [0.5, 0.6) is 0 Å². The number of nitrogens with zero attached hydrogens (tertiary/aromatic N) is 2. The summed E-state index contributed by atoms with van der Waals surface area (Å²) in [4.78, 5) is 20.3. The van der Waals surface area contributed by atoms with Crippen molar-refractivity contribution in [3.05, 3.63) is 0 Å². The van der Waals surface area contributed by atoms with Crippen molar-refractivity contribution in [2.45, 2.75) is 193 Å². The van der Waals surface area contributed by atoms with Gasteiger partial charge in [-0.1, -0.05) is 155 Å². The maximum absolute atomic E-state index is 12.4. The monoisotopic (exact) mass is 963 g/mol. The van der Waals surface area contributed by atoms with E-state index in [0.717, 1.165) is 51.4 Å². The third-order valence-electron chi connectivity index (χ3n) is 11.0. The Morgan fingerprint density at radius 3 is 0.906 bits per heavy atom. The number of rotatable bonds is 51. The van der Waals surface area contributed by atoms with Crippen molar-refractivity contribution in [3.8, 4) is 0 Å². The molecule has 4 atom stereocenters. The molecule has 2 unspecified atom stereocenters. The number of unbranched alkanes of at least 4 members (excludes halogenated alkanes) is 23. The number of likely N-dealkylation sites (N-methyl/N-ethyl adjacent to an activating group) is 2. The van der Waals surface area contributed by atoms with Gasteiger partial charge in [-0.2, -0.15) is 0 Å². The maximum Gasteiger partial charge on any atom is 0.472 e. The van der Waals surface area contributed by atoms with Crippen LogP contribution in [0, 0.1) is 0 Å². The van der Waals surface area contributed by atoms with E-state index in [1.54, 1.807) is 0 Å². The van der Waals surface area contributed by atoms with E-state index in [0.29, 0.717) is 61.7 Å². The molecule has 0 bridgehead atoms. The van der Waals surface area contributed by atoms with Gasteiger partial charge in [0.1, 0.15) is 38.5 Å². The quantitative estimate of drug-likeness (QED) is 0.0340. The van der Waals surface area contributed by atoms with Gasteiger partial charge in [0.05, 0.1) is 68.7 Å². The van der Waals surface area contributed by atoms with Gasteiger partial charge in [0.15, 0.2) is 0 Å². The zero-order valence-corrected chi connectivity index (χ0v) is 44.6. The molecule has 0 aliphatic heterocycles. The molecular weight excluding hydrogens is 858 g/mol. The lowest BCUT2D eigenvalue weighted by atomic mass is 10.0. The van der Waals surface area contributed by atoms with E-state index in [2.05, 4.69) is 13.8 Å². The molecule has 64 heavy (non-hydrogen) atoms. The molecular formula is C48H104N2O12P2+2. The smallest absolute Gasteiger partial charge is 0.379 e. The summed E-state index contributed by atoms with van der Waals surface area (Å²) in [5, 5.41) is 0. The van der Waals surface area contributed by atoms with Crippen LogP contribution in [0.2, 0.25) is 0 Å². The number of ether oxygens (including phenoxy) is 4. The van der Waals surface area contributed by atoms with Gasteiger partial charge in [-0.3, -0.25) is 18.1 Å². The van der Waals surface area contributed by atoms with Crippen molar-refractivity contribution in [1.82, 2.24) is 0 Å².